The summed E-state index contributed by atoms with van der Waals surface area (Å²) in [6.07, 6.45) is 1.14. The van der Waals surface area contributed by atoms with Gasteiger partial charge in [-0.15, -0.1) is 4.83 Å². The Balaban J connectivity index is 1.68. The van der Waals surface area contributed by atoms with Gasteiger partial charge in [-0.25, -0.2) is 18.4 Å². The molecule has 0 spiro atoms. The molecular formula is C18H18ClN7O3S. The van der Waals surface area contributed by atoms with Crippen molar-refractivity contribution in [3.05, 3.63) is 71.0 Å². The standard InChI is InChI=1S/C18H18ClN7O3S/c1-11-6-8-12(9-7-11)30(28,29)26-24-17-15(20)16(21-10-22-17)23-25-18(27)13-4-2-3-5-14(13)19/h2-10,26H,20H2,1H3,(H,25,27)(H2,21,22,23,24). The van der Waals surface area contributed by atoms with Crippen molar-refractivity contribution in [1.82, 2.24) is 20.2 Å². The first-order valence-corrected chi connectivity index (χ1v) is 10.4. The van der Waals surface area contributed by atoms with E-state index < -0.39 is 15.9 Å². The number of benzene rings is 2. The smallest absolute Gasteiger partial charge is 0.271 e. The maximum Gasteiger partial charge on any atom is 0.271 e. The van der Waals surface area contributed by atoms with Crippen LogP contribution in [-0.4, -0.2) is 24.3 Å². The summed E-state index contributed by atoms with van der Waals surface area (Å²) < 4.78 is 24.7. The van der Waals surface area contributed by atoms with E-state index in [1.807, 2.05) is 6.92 Å². The van der Waals surface area contributed by atoms with Crippen LogP contribution in [0.5, 0.6) is 0 Å². The first-order valence-electron chi connectivity index (χ1n) is 8.54. The summed E-state index contributed by atoms with van der Waals surface area (Å²) in [6.45, 7) is 1.85. The van der Waals surface area contributed by atoms with Crippen LogP contribution in [0.2, 0.25) is 5.02 Å². The van der Waals surface area contributed by atoms with E-state index in [0.717, 1.165) is 11.9 Å². The summed E-state index contributed by atoms with van der Waals surface area (Å²) in [5.41, 5.74) is 14.5. The van der Waals surface area contributed by atoms with Crippen LogP contribution in [0.1, 0.15) is 15.9 Å². The third-order valence-corrected chi connectivity index (χ3v) is 5.53. The number of hydrogen-bond donors (Lipinski definition) is 5. The van der Waals surface area contributed by atoms with Crippen LogP contribution in [0.25, 0.3) is 0 Å². The Morgan fingerprint density at radius 1 is 1.00 bits per heavy atom. The average Bonchev–Trinajstić information content (AvgIpc) is 2.72. The maximum atomic E-state index is 12.4. The molecule has 0 aliphatic rings. The Morgan fingerprint density at radius 2 is 1.63 bits per heavy atom. The minimum Gasteiger partial charge on any atom is -0.393 e. The zero-order valence-corrected chi connectivity index (χ0v) is 17.3. The molecule has 0 aliphatic heterocycles. The number of sulfonamides is 1. The van der Waals surface area contributed by atoms with E-state index in [9.17, 15) is 13.2 Å². The molecule has 0 radical (unpaired) electrons. The lowest BCUT2D eigenvalue weighted by molar-refractivity contribution is 0.0962. The van der Waals surface area contributed by atoms with Gasteiger partial charge in [0.2, 0.25) is 0 Å². The number of carbonyl (C=O) groups is 1. The van der Waals surface area contributed by atoms with Gasteiger partial charge in [0.1, 0.15) is 12.0 Å². The summed E-state index contributed by atoms with van der Waals surface area (Å²) in [4.78, 5) is 22.3. The van der Waals surface area contributed by atoms with E-state index in [0.29, 0.717) is 0 Å². The zero-order valence-electron chi connectivity index (χ0n) is 15.7. The monoisotopic (exact) mass is 447 g/mol. The largest absolute Gasteiger partial charge is 0.393 e. The number of rotatable bonds is 7. The summed E-state index contributed by atoms with van der Waals surface area (Å²) in [6, 6.07) is 12.8. The van der Waals surface area contributed by atoms with E-state index >= 15 is 0 Å². The van der Waals surface area contributed by atoms with Crippen molar-refractivity contribution < 1.29 is 13.2 Å². The second kappa shape index (κ2) is 8.95. The van der Waals surface area contributed by atoms with E-state index in [2.05, 4.69) is 31.1 Å². The number of aryl methyl sites for hydroxylation is 1. The highest BCUT2D eigenvalue weighted by Crippen LogP contribution is 2.22. The third kappa shape index (κ3) is 4.95. The molecule has 3 aromatic rings. The summed E-state index contributed by atoms with van der Waals surface area (Å²) in [5, 5.41) is 0.278. The third-order valence-electron chi connectivity index (χ3n) is 3.93. The predicted molar refractivity (Wildman–Crippen MR) is 114 cm³/mol. The van der Waals surface area contributed by atoms with Crippen LogP contribution in [-0.2, 0) is 10.0 Å². The molecule has 0 saturated heterocycles. The number of halogens is 1. The first kappa shape index (κ1) is 21.3. The summed E-state index contributed by atoms with van der Waals surface area (Å²) in [7, 11) is -3.85. The molecule has 2 aromatic carbocycles. The normalized spacial score (nSPS) is 11.0. The first-order chi connectivity index (χ1) is 14.3. The molecule has 3 rings (SSSR count). The molecule has 156 valence electrons. The lowest BCUT2D eigenvalue weighted by Gasteiger charge is -2.14. The predicted octanol–water partition coefficient (Wildman–Crippen LogP) is 2.08. The topological polar surface area (TPSA) is 151 Å². The van der Waals surface area contributed by atoms with Gasteiger partial charge in [-0.1, -0.05) is 41.4 Å². The highest BCUT2D eigenvalue weighted by atomic mass is 35.5. The molecule has 0 saturated carbocycles. The van der Waals surface area contributed by atoms with Gasteiger partial charge in [-0.3, -0.25) is 21.1 Å². The van der Waals surface area contributed by atoms with Crippen molar-refractivity contribution in [1.29, 1.82) is 0 Å². The molecule has 6 N–H and O–H groups in total. The quantitative estimate of drug-likeness (QED) is 0.345. The van der Waals surface area contributed by atoms with E-state index in [4.69, 9.17) is 17.3 Å². The maximum absolute atomic E-state index is 12.4. The minimum absolute atomic E-state index is 0.00446. The molecule has 0 aliphatic carbocycles. The second-order valence-corrected chi connectivity index (χ2v) is 8.18. The van der Waals surface area contributed by atoms with Crippen molar-refractivity contribution in [2.24, 2.45) is 0 Å². The number of aromatic nitrogens is 2. The number of carbonyl (C=O) groups excluding carboxylic acids is 1. The van der Waals surface area contributed by atoms with Gasteiger partial charge in [0, 0.05) is 0 Å². The van der Waals surface area contributed by atoms with Crippen LogP contribution >= 0.6 is 11.6 Å². The molecular weight excluding hydrogens is 430 g/mol. The molecule has 10 nitrogen and oxygen atoms in total. The molecule has 1 aromatic heterocycles. The van der Waals surface area contributed by atoms with Crippen LogP contribution in [0.15, 0.2) is 59.8 Å². The molecule has 1 heterocycles. The van der Waals surface area contributed by atoms with Crippen LogP contribution in [0.3, 0.4) is 0 Å². The second-order valence-electron chi connectivity index (χ2n) is 6.09. The summed E-state index contributed by atoms with van der Waals surface area (Å²) in [5.74, 6) is -0.453. The van der Waals surface area contributed by atoms with Gasteiger partial charge in [0.15, 0.2) is 11.6 Å². The van der Waals surface area contributed by atoms with E-state index in [1.54, 1.807) is 36.4 Å². The highest BCUT2D eigenvalue weighted by Gasteiger charge is 2.16. The van der Waals surface area contributed by atoms with Crippen molar-refractivity contribution in [3.8, 4) is 0 Å². The Labute approximate surface area is 177 Å². The van der Waals surface area contributed by atoms with Gasteiger partial charge < -0.3 is 5.73 Å². The lowest BCUT2D eigenvalue weighted by Crippen LogP contribution is -2.32. The number of nitrogens with one attached hydrogen (secondary N) is 4. The number of nitrogens with zero attached hydrogens (tertiary/aromatic N) is 2. The van der Waals surface area contributed by atoms with E-state index in [-0.39, 0.29) is 32.8 Å². The van der Waals surface area contributed by atoms with Gasteiger partial charge in [0.25, 0.3) is 15.9 Å². The van der Waals surface area contributed by atoms with Gasteiger partial charge >= 0.3 is 0 Å². The molecule has 12 heteroatoms. The average molecular weight is 448 g/mol. The fourth-order valence-corrected chi connectivity index (χ4v) is 3.38. The SMILES string of the molecule is Cc1ccc(S(=O)(=O)NNc2ncnc(NNC(=O)c3ccccc3Cl)c2N)cc1. The molecule has 30 heavy (non-hydrogen) atoms. The van der Waals surface area contributed by atoms with Crippen LogP contribution in [0.4, 0.5) is 17.3 Å². The zero-order chi connectivity index (χ0) is 21.7. The van der Waals surface area contributed by atoms with Crippen molar-refractivity contribution in [2.75, 3.05) is 16.6 Å². The van der Waals surface area contributed by atoms with Gasteiger partial charge in [-0.05, 0) is 31.2 Å². The Hall–Kier alpha value is -3.41. The fraction of sp³-hybridized carbons (Fsp3) is 0.0556. The summed E-state index contributed by atoms with van der Waals surface area (Å²) >= 11 is 5.99. The minimum atomic E-state index is -3.85. The van der Waals surface area contributed by atoms with Gasteiger partial charge in [0.05, 0.1) is 15.5 Å². The highest BCUT2D eigenvalue weighted by molar-refractivity contribution is 7.89. The van der Waals surface area contributed by atoms with E-state index in [1.165, 1.54) is 12.1 Å². The van der Waals surface area contributed by atoms with Crippen molar-refractivity contribution in [3.63, 3.8) is 0 Å². The number of anilines is 3. The molecule has 0 unspecified atom stereocenters. The van der Waals surface area contributed by atoms with Crippen molar-refractivity contribution >= 4 is 44.9 Å². The Morgan fingerprint density at radius 3 is 2.30 bits per heavy atom. The molecule has 0 bridgehead atoms. The number of nitrogen functional groups attached to an aromatic ring is 1. The Bertz CT molecular complexity index is 1170. The molecule has 0 fully saturated rings. The fourth-order valence-electron chi connectivity index (χ4n) is 2.32. The van der Waals surface area contributed by atoms with Crippen molar-refractivity contribution in [2.45, 2.75) is 11.8 Å². The number of nitrogens with two attached hydrogens (primary N) is 1. The lowest BCUT2D eigenvalue weighted by atomic mass is 10.2. The number of hydrazine groups is 2. The Kier molecular flexibility index (Phi) is 6.35. The van der Waals surface area contributed by atoms with Crippen LogP contribution in [0, 0.1) is 6.92 Å². The molecule has 1 amide bonds. The number of amides is 1. The van der Waals surface area contributed by atoms with Crippen LogP contribution < -0.4 is 26.8 Å². The number of hydrogen-bond acceptors (Lipinski definition) is 8. The molecule has 0 atom stereocenters. The van der Waals surface area contributed by atoms with Gasteiger partial charge in [-0.2, -0.15) is 0 Å².